The molecule has 2 aromatic rings. The van der Waals surface area contributed by atoms with Gasteiger partial charge in [-0.1, -0.05) is 30.7 Å². The molecule has 0 bridgehead atoms. The third-order valence-corrected chi connectivity index (χ3v) is 3.15. The van der Waals surface area contributed by atoms with Crippen LogP contribution >= 0.6 is 11.6 Å². The molecular formula is C16H19ClN2O. The number of nitrogens with zero attached hydrogens (tertiary/aromatic N) is 1. The van der Waals surface area contributed by atoms with Crippen LogP contribution in [0.15, 0.2) is 36.5 Å². The fraction of sp³-hybridized carbons (Fsp3) is 0.312. The van der Waals surface area contributed by atoms with Gasteiger partial charge in [0.15, 0.2) is 0 Å². The fourth-order valence-corrected chi connectivity index (χ4v) is 2.06. The topological polar surface area (TPSA) is 34.1 Å². The van der Waals surface area contributed by atoms with Crippen LogP contribution in [0.2, 0.25) is 5.02 Å². The van der Waals surface area contributed by atoms with Crippen molar-refractivity contribution in [2.75, 3.05) is 6.54 Å². The van der Waals surface area contributed by atoms with Crippen molar-refractivity contribution >= 4 is 11.6 Å². The lowest BCUT2D eigenvalue weighted by Crippen LogP contribution is -2.13. The highest BCUT2D eigenvalue weighted by atomic mass is 35.5. The Hall–Kier alpha value is -1.58. The van der Waals surface area contributed by atoms with Gasteiger partial charge in [0.05, 0.1) is 5.02 Å². The van der Waals surface area contributed by atoms with E-state index in [0.29, 0.717) is 16.7 Å². The molecule has 2 rings (SSSR count). The third kappa shape index (κ3) is 4.22. The predicted octanol–water partition coefficient (Wildman–Crippen LogP) is 4.34. The van der Waals surface area contributed by atoms with E-state index in [-0.39, 0.29) is 0 Å². The lowest BCUT2D eigenvalue weighted by molar-refractivity contribution is 0.462. The summed E-state index contributed by atoms with van der Waals surface area (Å²) in [5.74, 6) is 1.18. The van der Waals surface area contributed by atoms with Gasteiger partial charge in [0.25, 0.3) is 0 Å². The first-order valence-corrected chi connectivity index (χ1v) is 7.16. The molecule has 1 aromatic heterocycles. The molecule has 0 unspecified atom stereocenters. The van der Waals surface area contributed by atoms with Gasteiger partial charge < -0.3 is 10.1 Å². The van der Waals surface area contributed by atoms with E-state index in [1.165, 1.54) is 0 Å². The second-order valence-corrected chi connectivity index (χ2v) is 5.12. The van der Waals surface area contributed by atoms with E-state index in [9.17, 15) is 0 Å². The SMILES string of the molecule is CCCNCc1ccc(Oc2ccc(C)cc2Cl)nc1. The summed E-state index contributed by atoms with van der Waals surface area (Å²) in [4.78, 5) is 4.30. The number of aromatic nitrogens is 1. The summed E-state index contributed by atoms with van der Waals surface area (Å²) in [5.41, 5.74) is 2.24. The first kappa shape index (κ1) is 14.8. The van der Waals surface area contributed by atoms with E-state index in [4.69, 9.17) is 16.3 Å². The van der Waals surface area contributed by atoms with Gasteiger partial charge in [0.1, 0.15) is 5.75 Å². The zero-order chi connectivity index (χ0) is 14.4. The van der Waals surface area contributed by atoms with E-state index >= 15 is 0 Å². The minimum Gasteiger partial charge on any atom is -0.437 e. The van der Waals surface area contributed by atoms with Gasteiger partial charge in [-0.05, 0) is 43.1 Å². The van der Waals surface area contributed by atoms with Gasteiger partial charge in [0, 0.05) is 18.8 Å². The summed E-state index contributed by atoms with van der Waals surface area (Å²) < 4.78 is 5.68. The standard InChI is InChI=1S/C16H19ClN2O/c1-3-8-18-10-13-5-7-16(19-11-13)20-15-6-4-12(2)9-14(15)17/h4-7,9,11,18H,3,8,10H2,1-2H3. The predicted molar refractivity (Wildman–Crippen MR) is 82.5 cm³/mol. The summed E-state index contributed by atoms with van der Waals surface area (Å²) in [5, 5.41) is 3.93. The molecule has 20 heavy (non-hydrogen) atoms. The van der Waals surface area contributed by atoms with Crippen molar-refractivity contribution in [3.8, 4) is 11.6 Å². The average Bonchev–Trinajstić information content (AvgIpc) is 2.44. The Morgan fingerprint density at radius 1 is 1.25 bits per heavy atom. The van der Waals surface area contributed by atoms with E-state index in [1.54, 1.807) is 0 Å². The maximum Gasteiger partial charge on any atom is 0.219 e. The normalized spacial score (nSPS) is 10.6. The number of pyridine rings is 1. The minimum absolute atomic E-state index is 0.551. The lowest BCUT2D eigenvalue weighted by atomic mass is 10.2. The molecule has 0 radical (unpaired) electrons. The largest absolute Gasteiger partial charge is 0.437 e. The molecule has 0 aliphatic heterocycles. The Balaban J connectivity index is 1.99. The van der Waals surface area contributed by atoms with Crippen molar-refractivity contribution in [2.24, 2.45) is 0 Å². The molecule has 1 N–H and O–H groups in total. The number of rotatable bonds is 6. The lowest BCUT2D eigenvalue weighted by Gasteiger charge is -2.08. The van der Waals surface area contributed by atoms with Crippen LogP contribution in [0.5, 0.6) is 11.6 Å². The Labute approximate surface area is 124 Å². The van der Waals surface area contributed by atoms with Gasteiger partial charge in [-0.25, -0.2) is 4.98 Å². The second kappa shape index (κ2) is 7.27. The molecule has 3 nitrogen and oxygen atoms in total. The molecule has 106 valence electrons. The molecular weight excluding hydrogens is 272 g/mol. The Kier molecular flexibility index (Phi) is 5.39. The van der Waals surface area contributed by atoms with E-state index in [0.717, 1.165) is 30.6 Å². The summed E-state index contributed by atoms with van der Waals surface area (Å²) >= 11 is 6.13. The molecule has 0 saturated heterocycles. The minimum atomic E-state index is 0.551. The van der Waals surface area contributed by atoms with Crippen molar-refractivity contribution in [1.82, 2.24) is 10.3 Å². The molecule has 0 spiro atoms. The van der Waals surface area contributed by atoms with E-state index in [1.807, 2.05) is 43.5 Å². The van der Waals surface area contributed by atoms with Crippen LogP contribution in [-0.2, 0) is 6.54 Å². The summed E-state index contributed by atoms with van der Waals surface area (Å²) in [6.07, 6.45) is 2.95. The first-order chi connectivity index (χ1) is 9.69. The van der Waals surface area contributed by atoms with Crippen LogP contribution in [0.25, 0.3) is 0 Å². The van der Waals surface area contributed by atoms with Crippen LogP contribution in [-0.4, -0.2) is 11.5 Å². The van der Waals surface area contributed by atoms with Gasteiger partial charge in [-0.2, -0.15) is 0 Å². The van der Waals surface area contributed by atoms with Gasteiger partial charge in [-0.3, -0.25) is 0 Å². The van der Waals surface area contributed by atoms with Gasteiger partial charge >= 0.3 is 0 Å². The fourth-order valence-electron chi connectivity index (χ4n) is 1.79. The smallest absolute Gasteiger partial charge is 0.219 e. The highest BCUT2D eigenvalue weighted by Gasteiger charge is 2.04. The number of halogens is 1. The summed E-state index contributed by atoms with van der Waals surface area (Å²) in [6.45, 7) is 5.98. The molecule has 0 fully saturated rings. The van der Waals surface area contributed by atoms with Crippen molar-refractivity contribution in [1.29, 1.82) is 0 Å². The van der Waals surface area contributed by atoms with Gasteiger partial charge in [0.2, 0.25) is 5.88 Å². The molecule has 0 amide bonds. The zero-order valence-corrected chi connectivity index (χ0v) is 12.6. The van der Waals surface area contributed by atoms with Crippen LogP contribution in [0, 0.1) is 6.92 Å². The van der Waals surface area contributed by atoms with E-state index < -0.39 is 0 Å². The summed E-state index contributed by atoms with van der Waals surface area (Å²) in [6, 6.07) is 9.56. The molecule has 0 aliphatic carbocycles. The highest BCUT2D eigenvalue weighted by molar-refractivity contribution is 6.32. The highest BCUT2D eigenvalue weighted by Crippen LogP contribution is 2.28. The zero-order valence-electron chi connectivity index (χ0n) is 11.8. The number of hydrogen-bond acceptors (Lipinski definition) is 3. The number of ether oxygens (including phenoxy) is 1. The van der Waals surface area contributed by atoms with Crippen LogP contribution < -0.4 is 10.1 Å². The van der Waals surface area contributed by atoms with E-state index in [2.05, 4.69) is 17.2 Å². The van der Waals surface area contributed by atoms with Crippen molar-refractivity contribution in [2.45, 2.75) is 26.8 Å². The number of nitrogens with one attached hydrogen (secondary N) is 1. The maximum absolute atomic E-state index is 6.13. The number of hydrogen-bond donors (Lipinski definition) is 1. The van der Waals surface area contributed by atoms with Crippen LogP contribution in [0.1, 0.15) is 24.5 Å². The summed E-state index contributed by atoms with van der Waals surface area (Å²) in [7, 11) is 0. The van der Waals surface area contributed by atoms with Crippen molar-refractivity contribution < 1.29 is 4.74 Å². The second-order valence-electron chi connectivity index (χ2n) is 4.72. The van der Waals surface area contributed by atoms with Crippen LogP contribution in [0.4, 0.5) is 0 Å². The third-order valence-electron chi connectivity index (χ3n) is 2.86. The Bertz CT molecular complexity index is 555. The van der Waals surface area contributed by atoms with Gasteiger partial charge in [-0.15, -0.1) is 0 Å². The molecule has 1 heterocycles. The number of aryl methyl sites for hydroxylation is 1. The molecule has 0 aliphatic rings. The molecule has 0 atom stereocenters. The molecule has 1 aromatic carbocycles. The monoisotopic (exact) mass is 290 g/mol. The number of benzene rings is 1. The first-order valence-electron chi connectivity index (χ1n) is 6.78. The maximum atomic E-state index is 6.13. The van der Waals surface area contributed by atoms with Crippen molar-refractivity contribution in [3.63, 3.8) is 0 Å². The molecule has 4 heteroatoms. The van der Waals surface area contributed by atoms with Crippen molar-refractivity contribution in [3.05, 3.63) is 52.7 Å². The Morgan fingerprint density at radius 2 is 2.10 bits per heavy atom. The quantitative estimate of drug-likeness (QED) is 0.804. The average molecular weight is 291 g/mol. The molecule has 0 saturated carbocycles. The Morgan fingerprint density at radius 3 is 2.75 bits per heavy atom. The van der Waals surface area contributed by atoms with Crippen LogP contribution in [0.3, 0.4) is 0 Å².